The smallest absolute Gasteiger partial charge is 0.274 e. The summed E-state index contributed by atoms with van der Waals surface area (Å²) in [5.41, 5.74) is 4.36. The van der Waals surface area contributed by atoms with Crippen LogP contribution in [0, 0.1) is 26.7 Å². The predicted octanol–water partition coefficient (Wildman–Crippen LogP) is 4.79. The summed E-state index contributed by atoms with van der Waals surface area (Å²) in [7, 11) is 0. The van der Waals surface area contributed by atoms with Crippen LogP contribution < -0.4 is 14.8 Å². The SMILES string of the molecule is Cc1nc(C(=O)N(CCNC(=O)c2cccc3c2OCCO3)CC2CC2)c(-c2ccc(C)c(C)c2)s1. The van der Waals surface area contributed by atoms with Crippen LogP contribution in [0.25, 0.3) is 10.4 Å². The van der Waals surface area contributed by atoms with Gasteiger partial charge in [0, 0.05) is 19.6 Å². The second-order valence-corrected chi connectivity index (χ2v) is 10.7. The van der Waals surface area contributed by atoms with E-state index in [-0.39, 0.29) is 11.8 Å². The van der Waals surface area contributed by atoms with Crippen LogP contribution in [0.2, 0.25) is 0 Å². The number of aryl methyl sites for hydroxylation is 3. The summed E-state index contributed by atoms with van der Waals surface area (Å²) in [5, 5.41) is 3.82. The number of para-hydroxylation sites is 1. The van der Waals surface area contributed by atoms with Crippen LogP contribution in [-0.2, 0) is 0 Å². The fourth-order valence-corrected chi connectivity index (χ4v) is 5.25. The van der Waals surface area contributed by atoms with E-state index in [4.69, 9.17) is 9.47 Å². The molecule has 2 amide bonds. The van der Waals surface area contributed by atoms with Gasteiger partial charge in [-0.25, -0.2) is 4.98 Å². The molecule has 1 N–H and O–H groups in total. The van der Waals surface area contributed by atoms with Crippen molar-refractivity contribution in [3.8, 4) is 21.9 Å². The average Bonchev–Trinajstić information content (AvgIpc) is 3.62. The standard InChI is InChI=1S/C28H31N3O4S/c1-17-7-10-21(15-18(17)2)26-24(30-19(3)36-26)28(33)31(16-20-8-9-20)12-11-29-27(32)22-5-4-6-23-25(22)35-14-13-34-23/h4-7,10,15,20H,8-9,11-14,16H2,1-3H3,(H,29,32). The molecule has 5 rings (SSSR count). The zero-order valence-electron chi connectivity index (χ0n) is 20.9. The zero-order valence-corrected chi connectivity index (χ0v) is 21.7. The monoisotopic (exact) mass is 505 g/mol. The summed E-state index contributed by atoms with van der Waals surface area (Å²) in [6.45, 7) is 8.41. The Labute approximate surface area is 215 Å². The molecule has 1 aliphatic carbocycles. The largest absolute Gasteiger partial charge is 0.486 e. The Bertz CT molecular complexity index is 1300. The highest BCUT2D eigenvalue weighted by molar-refractivity contribution is 7.15. The number of nitrogens with one attached hydrogen (secondary N) is 1. The van der Waals surface area contributed by atoms with Gasteiger partial charge in [-0.2, -0.15) is 0 Å². The van der Waals surface area contributed by atoms with Crippen LogP contribution in [0.3, 0.4) is 0 Å². The summed E-state index contributed by atoms with van der Waals surface area (Å²) in [6.07, 6.45) is 2.26. The lowest BCUT2D eigenvalue weighted by atomic mass is 10.0. The van der Waals surface area contributed by atoms with Crippen LogP contribution in [0.15, 0.2) is 36.4 Å². The minimum atomic E-state index is -0.239. The number of carbonyl (C=O) groups is 2. The summed E-state index contributed by atoms with van der Waals surface area (Å²) >= 11 is 1.55. The second kappa shape index (κ2) is 10.3. The summed E-state index contributed by atoms with van der Waals surface area (Å²) in [5.74, 6) is 1.25. The van der Waals surface area contributed by atoms with Gasteiger partial charge in [-0.15, -0.1) is 11.3 Å². The Balaban J connectivity index is 1.31. The maximum Gasteiger partial charge on any atom is 0.274 e. The van der Waals surface area contributed by atoms with Gasteiger partial charge in [0.05, 0.1) is 15.4 Å². The molecule has 1 saturated carbocycles. The van der Waals surface area contributed by atoms with E-state index in [9.17, 15) is 9.59 Å². The molecule has 36 heavy (non-hydrogen) atoms. The third-order valence-electron chi connectivity index (χ3n) is 6.65. The van der Waals surface area contributed by atoms with Crippen molar-refractivity contribution in [3.05, 3.63) is 63.8 Å². The van der Waals surface area contributed by atoms with E-state index >= 15 is 0 Å². The van der Waals surface area contributed by atoms with Gasteiger partial charge in [-0.3, -0.25) is 9.59 Å². The molecule has 0 saturated heterocycles. The number of amides is 2. The molecule has 0 radical (unpaired) electrons. The minimum Gasteiger partial charge on any atom is -0.486 e. The first-order chi connectivity index (χ1) is 17.4. The highest BCUT2D eigenvalue weighted by atomic mass is 32.1. The Hall–Kier alpha value is -3.39. The first-order valence-corrected chi connectivity index (χ1v) is 13.2. The molecule has 2 heterocycles. The Morgan fingerprint density at radius 3 is 2.67 bits per heavy atom. The van der Waals surface area contributed by atoms with Gasteiger partial charge in [-0.1, -0.05) is 24.3 Å². The molecule has 0 spiro atoms. The van der Waals surface area contributed by atoms with E-state index in [0.29, 0.717) is 61.5 Å². The first kappa shape index (κ1) is 24.3. The predicted molar refractivity (Wildman–Crippen MR) is 140 cm³/mol. The van der Waals surface area contributed by atoms with Crippen molar-refractivity contribution in [1.82, 2.24) is 15.2 Å². The van der Waals surface area contributed by atoms with Crippen LogP contribution >= 0.6 is 11.3 Å². The summed E-state index contributed by atoms with van der Waals surface area (Å²) in [6, 6.07) is 11.6. The second-order valence-electron chi connectivity index (χ2n) is 9.49. The molecule has 1 fully saturated rings. The lowest BCUT2D eigenvalue weighted by Crippen LogP contribution is -2.40. The number of fused-ring (bicyclic) bond motifs is 1. The molecule has 8 heteroatoms. The van der Waals surface area contributed by atoms with Crippen LogP contribution in [-0.4, -0.2) is 54.5 Å². The van der Waals surface area contributed by atoms with Crippen LogP contribution in [0.4, 0.5) is 0 Å². The number of thiazole rings is 1. The Morgan fingerprint density at radius 2 is 1.89 bits per heavy atom. The average molecular weight is 506 g/mol. The molecule has 7 nitrogen and oxygen atoms in total. The molecule has 0 atom stereocenters. The van der Waals surface area contributed by atoms with E-state index in [1.165, 1.54) is 11.1 Å². The van der Waals surface area contributed by atoms with E-state index in [1.807, 2.05) is 11.8 Å². The Morgan fingerprint density at radius 1 is 1.08 bits per heavy atom. The van der Waals surface area contributed by atoms with Crippen molar-refractivity contribution < 1.29 is 19.1 Å². The van der Waals surface area contributed by atoms with Crippen LogP contribution in [0.1, 0.15) is 49.8 Å². The number of benzene rings is 2. The molecule has 0 bridgehead atoms. The van der Waals surface area contributed by atoms with Crippen molar-refractivity contribution in [1.29, 1.82) is 0 Å². The zero-order chi connectivity index (χ0) is 25.2. The van der Waals surface area contributed by atoms with Gasteiger partial charge in [0.2, 0.25) is 0 Å². The summed E-state index contributed by atoms with van der Waals surface area (Å²) < 4.78 is 11.3. The van der Waals surface area contributed by atoms with Crippen molar-refractivity contribution >= 4 is 23.2 Å². The fraction of sp³-hybridized carbons (Fsp3) is 0.393. The molecule has 1 aliphatic heterocycles. The molecule has 188 valence electrons. The number of nitrogens with zero attached hydrogens (tertiary/aromatic N) is 2. The van der Waals surface area contributed by atoms with Crippen LogP contribution in [0.5, 0.6) is 11.5 Å². The van der Waals surface area contributed by atoms with Gasteiger partial charge < -0.3 is 19.7 Å². The number of carbonyl (C=O) groups excluding carboxylic acids is 2. The van der Waals surface area contributed by atoms with E-state index in [2.05, 4.69) is 42.3 Å². The van der Waals surface area contributed by atoms with E-state index in [1.54, 1.807) is 29.5 Å². The topological polar surface area (TPSA) is 80.8 Å². The molecule has 2 aliphatic rings. The van der Waals surface area contributed by atoms with Gasteiger partial charge >= 0.3 is 0 Å². The minimum absolute atomic E-state index is 0.0810. The van der Waals surface area contributed by atoms with Crippen molar-refractivity contribution in [2.45, 2.75) is 33.6 Å². The fourth-order valence-electron chi connectivity index (χ4n) is 4.34. The maximum atomic E-state index is 13.7. The maximum absolute atomic E-state index is 13.7. The number of ether oxygens (including phenoxy) is 2. The molecule has 3 aromatic rings. The van der Waals surface area contributed by atoms with Gasteiger partial charge in [0.15, 0.2) is 11.5 Å². The highest BCUT2D eigenvalue weighted by Crippen LogP contribution is 2.35. The number of aromatic nitrogens is 1. The van der Waals surface area contributed by atoms with Gasteiger partial charge in [0.25, 0.3) is 11.8 Å². The third kappa shape index (κ3) is 5.23. The van der Waals surface area contributed by atoms with Gasteiger partial charge in [-0.05, 0) is 68.4 Å². The number of rotatable bonds is 8. The molecule has 0 unspecified atom stereocenters. The highest BCUT2D eigenvalue weighted by Gasteiger charge is 2.30. The lowest BCUT2D eigenvalue weighted by molar-refractivity contribution is 0.0736. The third-order valence-corrected chi connectivity index (χ3v) is 7.67. The van der Waals surface area contributed by atoms with Gasteiger partial charge in [0.1, 0.15) is 18.9 Å². The van der Waals surface area contributed by atoms with Crippen molar-refractivity contribution in [3.63, 3.8) is 0 Å². The van der Waals surface area contributed by atoms with E-state index in [0.717, 1.165) is 28.3 Å². The Kier molecular flexibility index (Phi) is 6.96. The number of hydrogen-bond donors (Lipinski definition) is 1. The molecule has 2 aromatic carbocycles. The normalized spacial score (nSPS) is 14.4. The first-order valence-electron chi connectivity index (χ1n) is 12.4. The van der Waals surface area contributed by atoms with Crippen molar-refractivity contribution in [2.75, 3.05) is 32.8 Å². The summed E-state index contributed by atoms with van der Waals surface area (Å²) in [4.78, 5) is 34.0. The molecular weight excluding hydrogens is 474 g/mol. The molecule has 1 aromatic heterocycles. The van der Waals surface area contributed by atoms with Crippen molar-refractivity contribution in [2.24, 2.45) is 5.92 Å². The number of hydrogen-bond acceptors (Lipinski definition) is 6. The van der Waals surface area contributed by atoms with E-state index < -0.39 is 0 Å². The molecular formula is C28H31N3O4S. The quantitative estimate of drug-likeness (QED) is 0.476. The lowest BCUT2D eigenvalue weighted by Gasteiger charge is -2.23.